The molecule has 0 aliphatic carbocycles. The van der Waals surface area contributed by atoms with Crippen LogP contribution >= 0.6 is 0 Å². The fourth-order valence-corrected chi connectivity index (χ4v) is 2.74. The molecule has 0 spiro atoms. The molecule has 3 rings (SSSR count). The first-order valence-electron chi connectivity index (χ1n) is 7.23. The molecule has 2 aromatic rings. The van der Waals surface area contributed by atoms with E-state index in [1.165, 1.54) is 11.1 Å². The number of hydrogen-bond donors (Lipinski definition) is 1. The minimum Gasteiger partial charge on any atom is -0.493 e. The van der Waals surface area contributed by atoms with Crippen LogP contribution in [-0.4, -0.2) is 37.8 Å². The van der Waals surface area contributed by atoms with E-state index in [1.807, 2.05) is 13.1 Å². The molecule has 1 aromatic heterocycles. The van der Waals surface area contributed by atoms with Crippen molar-refractivity contribution >= 4 is 11.6 Å². The zero-order valence-corrected chi connectivity index (χ0v) is 13.1. The van der Waals surface area contributed by atoms with E-state index in [1.54, 1.807) is 20.5 Å². The molecule has 0 bridgehead atoms. The molecule has 0 saturated heterocycles. The number of nitrogens with zero attached hydrogens (tertiary/aromatic N) is 3. The number of benzene rings is 1. The molecule has 116 valence electrons. The van der Waals surface area contributed by atoms with Gasteiger partial charge in [0.05, 0.1) is 14.2 Å². The molecular weight excluding hydrogens is 280 g/mol. The van der Waals surface area contributed by atoms with Crippen LogP contribution in [0.3, 0.4) is 0 Å². The molecule has 1 aromatic carbocycles. The summed E-state index contributed by atoms with van der Waals surface area (Å²) in [6.07, 6.45) is 2.54. The van der Waals surface area contributed by atoms with E-state index in [9.17, 15) is 0 Å². The number of anilines is 2. The number of ether oxygens (including phenoxy) is 2. The third kappa shape index (κ3) is 2.64. The van der Waals surface area contributed by atoms with Crippen molar-refractivity contribution < 1.29 is 9.47 Å². The summed E-state index contributed by atoms with van der Waals surface area (Å²) in [5.41, 5.74) is 2.55. The summed E-state index contributed by atoms with van der Waals surface area (Å²) in [4.78, 5) is 10.8. The van der Waals surface area contributed by atoms with Crippen molar-refractivity contribution in [2.45, 2.75) is 13.0 Å². The Labute approximate surface area is 130 Å². The van der Waals surface area contributed by atoms with Crippen LogP contribution in [0.25, 0.3) is 0 Å². The van der Waals surface area contributed by atoms with Gasteiger partial charge in [-0.25, -0.2) is 9.97 Å². The Morgan fingerprint density at radius 3 is 2.45 bits per heavy atom. The second-order valence-electron chi connectivity index (χ2n) is 5.16. The van der Waals surface area contributed by atoms with Gasteiger partial charge in [0.15, 0.2) is 11.5 Å². The molecule has 1 aliphatic heterocycles. The van der Waals surface area contributed by atoms with Gasteiger partial charge < -0.3 is 19.7 Å². The van der Waals surface area contributed by atoms with Crippen LogP contribution in [0.15, 0.2) is 24.5 Å². The third-order valence-corrected chi connectivity index (χ3v) is 3.95. The Bertz CT molecular complexity index is 675. The van der Waals surface area contributed by atoms with Crippen molar-refractivity contribution in [3.05, 3.63) is 35.7 Å². The standard InChI is InChI=1S/C16H20N4O2/c1-17-15-8-16(19-10-18-15)20-5-4-11-6-13(21-2)14(22-3)7-12(11)9-20/h6-8,10H,4-5,9H2,1-3H3,(H,17,18,19). The molecule has 6 nitrogen and oxygen atoms in total. The normalized spacial score (nSPS) is 13.5. The summed E-state index contributed by atoms with van der Waals surface area (Å²) < 4.78 is 10.8. The summed E-state index contributed by atoms with van der Waals surface area (Å²) in [6.45, 7) is 1.72. The first kappa shape index (κ1) is 14.4. The Morgan fingerprint density at radius 1 is 1.05 bits per heavy atom. The smallest absolute Gasteiger partial charge is 0.161 e. The molecule has 6 heteroatoms. The summed E-state index contributed by atoms with van der Waals surface area (Å²) in [5.74, 6) is 3.30. The van der Waals surface area contributed by atoms with E-state index in [0.29, 0.717) is 0 Å². The topological polar surface area (TPSA) is 59.5 Å². The van der Waals surface area contributed by atoms with Gasteiger partial charge in [-0.1, -0.05) is 0 Å². The third-order valence-electron chi connectivity index (χ3n) is 3.95. The molecule has 0 unspecified atom stereocenters. The highest BCUT2D eigenvalue weighted by Gasteiger charge is 2.20. The van der Waals surface area contributed by atoms with Crippen molar-refractivity contribution in [1.29, 1.82) is 0 Å². The van der Waals surface area contributed by atoms with Gasteiger partial charge in [0, 0.05) is 26.2 Å². The number of fused-ring (bicyclic) bond motifs is 1. The molecule has 1 aliphatic rings. The maximum absolute atomic E-state index is 5.40. The van der Waals surface area contributed by atoms with Gasteiger partial charge >= 0.3 is 0 Å². The predicted octanol–water partition coefficient (Wildman–Crippen LogP) is 2.10. The fourth-order valence-electron chi connectivity index (χ4n) is 2.74. The first-order valence-corrected chi connectivity index (χ1v) is 7.23. The highest BCUT2D eigenvalue weighted by Crippen LogP contribution is 2.34. The van der Waals surface area contributed by atoms with Gasteiger partial charge in [0.25, 0.3) is 0 Å². The average Bonchev–Trinajstić information content (AvgIpc) is 2.59. The van der Waals surface area contributed by atoms with Crippen LogP contribution in [-0.2, 0) is 13.0 Å². The lowest BCUT2D eigenvalue weighted by molar-refractivity contribution is 0.353. The van der Waals surface area contributed by atoms with Crippen LogP contribution in [0.5, 0.6) is 11.5 Å². The zero-order chi connectivity index (χ0) is 15.5. The van der Waals surface area contributed by atoms with E-state index >= 15 is 0 Å². The summed E-state index contributed by atoms with van der Waals surface area (Å²) in [5, 5.41) is 3.04. The average molecular weight is 300 g/mol. The van der Waals surface area contributed by atoms with Gasteiger partial charge in [0.1, 0.15) is 18.0 Å². The van der Waals surface area contributed by atoms with Gasteiger partial charge in [-0.15, -0.1) is 0 Å². The fraction of sp³-hybridized carbons (Fsp3) is 0.375. The molecule has 22 heavy (non-hydrogen) atoms. The van der Waals surface area contributed by atoms with Crippen LogP contribution in [0, 0.1) is 0 Å². The Balaban J connectivity index is 1.89. The van der Waals surface area contributed by atoms with Crippen LogP contribution in [0.1, 0.15) is 11.1 Å². The lowest BCUT2D eigenvalue weighted by atomic mass is 9.99. The molecule has 0 amide bonds. The summed E-state index contributed by atoms with van der Waals surface area (Å²) >= 11 is 0. The second kappa shape index (κ2) is 6.09. The van der Waals surface area contributed by atoms with Crippen LogP contribution < -0.4 is 19.7 Å². The van der Waals surface area contributed by atoms with Crippen molar-refractivity contribution in [3.8, 4) is 11.5 Å². The summed E-state index contributed by atoms with van der Waals surface area (Å²) in [7, 11) is 5.18. The second-order valence-corrected chi connectivity index (χ2v) is 5.16. The minimum atomic E-state index is 0.765. The number of nitrogens with one attached hydrogen (secondary N) is 1. The van der Waals surface area contributed by atoms with Crippen molar-refractivity contribution in [2.75, 3.05) is 38.0 Å². The van der Waals surface area contributed by atoms with E-state index in [-0.39, 0.29) is 0 Å². The first-order chi connectivity index (χ1) is 10.7. The Morgan fingerprint density at radius 2 is 1.77 bits per heavy atom. The largest absolute Gasteiger partial charge is 0.493 e. The molecule has 0 radical (unpaired) electrons. The number of methoxy groups -OCH3 is 2. The van der Waals surface area contributed by atoms with Crippen LogP contribution in [0.4, 0.5) is 11.6 Å². The van der Waals surface area contributed by atoms with Gasteiger partial charge in [-0.3, -0.25) is 0 Å². The van der Waals surface area contributed by atoms with Gasteiger partial charge in [0.2, 0.25) is 0 Å². The van der Waals surface area contributed by atoms with Gasteiger partial charge in [-0.05, 0) is 29.7 Å². The lowest BCUT2D eigenvalue weighted by Gasteiger charge is -2.30. The van der Waals surface area contributed by atoms with Gasteiger partial charge in [-0.2, -0.15) is 0 Å². The summed E-state index contributed by atoms with van der Waals surface area (Å²) in [6, 6.07) is 6.09. The molecule has 1 N–H and O–H groups in total. The molecule has 0 atom stereocenters. The van der Waals surface area contributed by atoms with Crippen molar-refractivity contribution in [3.63, 3.8) is 0 Å². The molecular formula is C16H20N4O2. The molecule has 0 saturated carbocycles. The quantitative estimate of drug-likeness (QED) is 0.933. The predicted molar refractivity (Wildman–Crippen MR) is 85.9 cm³/mol. The molecule has 2 heterocycles. The highest BCUT2D eigenvalue weighted by molar-refractivity contribution is 5.53. The molecule has 0 fully saturated rings. The van der Waals surface area contributed by atoms with E-state index in [2.05, 4.69) is 32.3 Å². The zero-order valence-electron chi connectivity index (χ0n) is 13.1. The Hall–Kier alpha value is -2.50. The van der Waals surface area contributed by atoms with Crippen LogP contribution in [0.2, 0.25) is 0 Å². The van der Waals surface area contributed by atoms with Crippen molar-refractivity contribution in [2.24, 2.45) is 0 Å². The maximum Gasteiger partial charge on any atom is 0.161 e. The van der Waals surface area contributed by atoms with E-state index in [4.69, 9.17) is 9.47 Å². The van der Waals surface area contributed by atoms with E-state index in [0.717, 1.165) is 42.6 Å². The monoisotopic (exact) mass is 300 g/mol. The SMILES string of the molecule is CNc1cc(N2CCc3cc(OC)c(OC)cc3C2)ncn1. The lowest BCUT2D eigenvalue weighted by Crippen LogP contribution is -2.31. The number of rotatable bonds is 4. The Kier molecular flexibility index (Phi) is 4.00. The number of hydrogen-bond acceptors (Lipinski definition) is 6. The minimum absolute atomic E-state index is 0.765. The maximum atomic E-state index is 5.40. The van der Waals surface area contributed by atoms with E-state index < -0.39 is 0 Å². The van der Waals surface area contributed by atoms with Crippen molar-refractivity contribution in [1.82, 2.24) is 9.97 Å². The highest BCUT2D eigenvalue weighted by atomic mass is 16.5. The number of aromatic nitrogens is 2.